The maximum atomic E-state index is 2.54. The first kappa shape index (κ1) is 9.05. The Morgan fingerprint density at radius 1 is 1.36 bits per heavy atom. The minimum atomic E-state index is 0.885. The molecule has 1 nitrogen and oxygen atoms in total. The third-order valence-electron chi connectivity index (χ3n) is 2.84. The van der Waals surface area contributed by atoms with Crippen molar-refractivity contribution in [1.82, 2.24) is 4.90 Å². The van der Waals surface area contributed by atoms with Gasteiger partial charge in [0, 0.05) is 12.6 Å². The van der Waals surface area contributed by atoms with Gasteiger partial charge in [0.2, 0.25) is 0 Å². The minimum absolute atomic E-state index is 0.885. The van der Waals surface area contributed by atoms with Gasteiger partial charge in [-0.15, -0.1) is 0 Å². The predicted molar refractivity (Wildman–Crippen MR) is 49.7 cm³/mol. The van der Waals surface area contributed by atoms with Crippen LogP contribution in [0.25, 0.3) is 0 Å². The van der Waals surface area contributed by atoms with Crippen molar-refractivity contribution in [3.63, 3.8) is 0 Å². The summed E-state index contributed by atoms with van der Waals surface area (Å²) in [5.41, 5.74) is 0. The van der Waals surface area contributed by atoms with E-state index < -0.39 is 0 Å². The van der Waals surface area contributed by atoms with Gasteiger partial charge in [0.15, 0.2) is 0 Å². The number of piperidine rings is 1. The molecule has 1 rings (SSSR count). The van der Waals surface area contributed by atoms with Crippen LogP contribution in [-0.2, 0) is 0 Å². The van der Waals surface area contributed by atoms with Crippen molar-refractivity contribution in [3.05, 3.63) is 0 Å². The molecule has 0 N–H and O–H groups in total. The Balaban J connectivity index is 2.31. The van der Waals surface area contributed by atoms with Gasteiger partial charge in [-0.1, -0.05) is 20.3 Å². The highest BCUT2D eigenvalue weighted by Crippen LogP contribution is 2.22. The lowest BCUT2D eigenvalue weighted by molar-refractivity contribution is 0.138. The van der Waals surface area contributed by atoms with E-state index in [1.54, 1.807) is 0 Å². The first-order valence-electron chi connectivity index (χ1n) is 4.94. The van der Waals surface area contributed by atoms with E-state index in [-0.39, 0.29) is 0 Å². The van der Waals surface area contributed by atoms with Crippen LogP contribution in [0.5, 0.6) is 0 Å². The van der Waals surface area contributed by atoms with Crippen LogP contribution in [-0.4, -0.2) is 24.5 Å². The van der Waals surface area contributed by atoms with Crippen LogP contribution in [0.15, 0.2) is 0 Å². The third-order valence-corrected chi connectivity index (χ3v) is 2.84. The molecule has 1 fully saturated rings. The molecule has 0 aromatic carbocycles. The molecule has 2 atom stereocenters. The van der Waals surface area contributed by atoms with Crippen molar-refractivity contribution in [3.8, 4) is 0 Å². The normalized spacial score (nSPS) is 34.1. The molecule has 1 heterocycles. The van der Waals surface area contributed by atoms with Crippen LogP contribution in [0.2, 0.25) is 0 Å². The highest BCUT2D eigenvalue weighted by Gasteiger charge is 2.21. The maximum Gasteiger partial charge on any atom is 0.00923 e. The molecule has 0 saturated carbocycles. The van der Waals surface area contributed by atoms with E-state index in [1.807, 2.05) is 0 Å². The Morgan fingerprint density at radius 3 is 2.64 bits per heavy atom. The molecular formula is C10H21N. The smallest absolute Gasteiger partial charge is 0.00923 e. The lowest BCUT2D eigenvalue weighted by Crippen LogP contribution is -2.39. The summed E-state index contributed by atoms with van der Waals surface area (Å²) in [5, 5.41) is 0. The van der Waals surface area contributed by atoms with E-state index in [1.165, 1.54) is 32.2 Å². The molecule has 0 amide bonds. The molecule has 2 unspecified atom stereocenters. The van der Waals surface area contributed by atoms with Gasteiger partial charge in [0.05, 0.1) is 0 Å². The standard InChI is InChI=1S/C10H21N/c1-4-5-10-7-6-9(2)8-11(10)3/h9-10H,4-8H2,1-3H3. The van der Waals surface area contributed by atoms with Gasteiger partial charge in [-0.25, -0.2) is 0 Å². The molecule has 0 bridgehead atoms. The van der Waals surface area contributed by atoms with Gasteiger partial charge >= 0.3 is 0 Å². The molecule has 1 aliphatic heterocycles. The van der Waals surface area contributed by atoms with Crippen LogP contribution in [0, 0.1) is 5.92 Å². The summed E-state index contributed by atoms with van der Waals surface area (Å²) in [6.07, 6.45) is 5.59. The van der Waals surface area contributed by atoms with E-state index in [4.69, 9.17) is 0 Å². The number of rotatable bonds is 2. The second-order valence-electron chi connectivity index (χ2n) is 4.06. The topological polar surface area (TPSA) is 3.24 Å². The summed E-state index contributed by atoms with van der Waals surface area (Å²) in [6, 6.07) is 0.885. The Morgan fingerprint density at radius 2 is 2.09 bits per heavy atom. The molecule has 0 spiro atoms. The zero-order valence-corrected chi connectivity index (χ0v) is 8.14. The molecule has 66 valence electrons. The van der Waals surface area contributed by atoms with Gasteiger partial charge in [-0.3, -0.25) is 0 Å². The van der Waals surface area contributed by atoms with Crippen molar-refractivity contribution in [1.29, 1.82) is 0 Å². The van der Waals surface area contributed by atoms with Gasteiger partial charge in [0.25, 0.3) is 0 Å². The quantitative estimate of drug-likeness (QED) is 0.592. The molecule has 11 heavy (non-hydrogen) atoms. The molecule has 1 aliphatic rings. The number of hydrogen-bond donors (Lipinski definition) is 0. The molecule has 0 radical (unpaired) electrons. The second-order valence-corrected chi connectivity index (χ2v) is 4.06. The molecule has 0 aromatic rings. The number of hydrogen-bond acceptors (Lipinski definition) is 1. The van der Waals surface area contributed by atoms with Gasteiger partial charge in [-0.05, 0) is 32.2 Å². The van der Waals surface area contributed by atoms with E-state index in [0.29, 0.717) is 0 Å². The van der Waals surface area contributed by atoms with E-state index >= 15 is 0 Å². The Hall–Kier alpha value is -0.0400. The Labute approximate surface area is 70.8 Å². The van der Waals surface area contributed by atoms with Crippen LogP contribution < -0.4 is 0 Å². The zero-order chi connectivity index (χ0) is 8.27. The average molecular weight is 155 g/mol. The maximum absolute atomic E-state index is 2.54. The first-order chi connectivity index (χ1) is 5.24. The summed E-state index contributed by atoms with van der Waals surface area (Å²) >= 11 is 0. The fourth-order valence-corrected chi connectivity index (χ4v) is 2.13. The van der Waals surface area contributed by atoms with E-state index in [2.05, 4.69) is 25.8 Å². The lowest BCUT2D eigenvalue weighted by Gasteiger charge is -2.35. The second kappa shape index (κ2) is 4.10. The number of likely N-dealkylation sites (tertiary alicyclic amines) is 1. The fraction of sp³-hybridized carbons (Fsp3) is 1.00. The monoisotopic (exact) mass is 155 g/mol. The van der Waals surface area contributed by atoms with Crippen LogP contribution in [0.1, 0.15) is 39.5 Å². The van der Waals surface area contributed by atoms with Crippen molar-refractivity contribution in [2.45, 2.75) is 45.6 Å². The van der Waals surface area contributed by atoms with Gasteiger partial charge in [-0.2, -0.15) is 0 Å². The highest BCUT2D eigenvalue weighted by atomic mass is 15.1. The minimum Gasteiger partial charge on any atom is -0.303 e. The van der Waals surface area contributed by atoms with Crippen molar-refractivity contribution < 1.29 is 0 Å². The van der Waals surface area contributed by atoms with Crippen LogP contribution >= 0.6 is 0 Å². The summed E-state index contributed by atoms with van der Waals surface area (Å²) < 4.78 is 0. The van der Waals surface area contributed by atoms with Crippen LogP contribution in [0.4, 0.5) is 0 Å². The Bertz CT molecular complexity index is 111. The van der Waals surface area contributed by atoms with Gasteiger partial charge < -0.3 is 4.90 Å². The molecular weight excluding hydrogens is 134 g/mol. The van der Waals surface area contributed by atoms with Gasteiger partial charge in [0.1, 0.15) is 0 Å². The lowest BCUT2D eigenvalue weighted by atomic mass is 9.92. The predicted octanol–water partition coefficient (Wildman–Crippen LogP) is 2.52. The average Bonchev–Trinajstić information content (AvgIpc) is 1.95. The summed E-state index contributed by atoms with van der Waals surface area (Å²) in [6.45, 7) is 5.95. The SMILES string of the molecule is CCCC1CCC(C)CN1C. The summed E-state index contributed by atoms with van der Waals surface area (Å²) in [7, 11) is 2.27. The molecule has 0 aliphatic carbocycles. The summed E-state index contributed by atoms with van der Waals surface area (Å²) in [5.74, 6) is 0.924. The molecule has 0 aromatic heterocycles. The molecule has 1 heteroatoms. The number of nitrogens with zero attached hydrogens (tertiary/aromatic N) is 1. The largest absolute Gasteiger partial charge is 0.303 e. The third kappa shape index (κ3) is 2.48. The summed E-state index contributed by atoms with van der Waals surface area (Å²) in [4.78, 5) is 2.54. The first-order valence-corrected chi connectivity index (χ1v) is 4.94. The fourth-order valence-electron chi connectivity index (χ4n) is 2.13. The van der Waals surface area contributed by atoms with E-state index in [9.17, 15) is 0 Å². The molecule has 1 saturated heterocycles. The van der Waals surface area contributed by atoms with Crippen molar-refractivity contribution in [2.24, 2.45) is 5.92 Å². The zero-order valence-electron chi connectivity index (χ0n) is 8.14. The highest BCUT2D eigenvalue weighted by molar-refractivity contribution is 4.76. The Kier molecular flexibility index (Phi) is 3.38. The van der Waals surface area contributed by atoms with Crippen molar-refractivity contribution in [2.75, 3.05) is 13.6 Å². The van der Waals surface area contributed by atoms with E-state index in [0.717, 1.165) is 12.0 Å². The van der Waals surface area contributed by atoms with Crippen molar-refractivity contribution >= 4 is 0 Å². The van der Waals surface area contributed by atoms with Crippen LogP contribution in [0.3, 0.4) is 0 Å².